The first-order valence-corrected chi connectivity index (χ1v) is 11.1. The second-order valence-electron chi connectivity index (χ2n) is 8.23. The Kier molecular flexibility index (Phi) is 5.73. The van der Waals surface area contributed by atoms with Gasteiger partial charge in [0.15, 0.2) is 0 Å². The van der Waals surface area contributed by atoms with Crippen molar-refractivity contribution in [1.29, 1.82) is 0 Å². The van der Waals surface area contributed by atoms with Crippen molar-refractivity contribution in [1.82, 2.24) is 4.90 Å². The molecule has 4 rings (SSSR count). The van der Waals surface area contributed by atoms with Gasteiger partial charge in [0.2, 0.25) is 5.91 Å². The van der Waals surface area contributed by atoms with Crippen LogP contribution in [0.5, 0.6) is 0 Å². The smallest absolute Gasteiger partial charge is 0.254 e. The Morgan fingerprint density at radius 3 is 2.47 bits per heavy atom. The highest BCUT2D eigenvalue weighted by atomic mass is 32.1. The number of rotatable bonds is 5. The molecule has 0 unspecified atom stereocenters. The molecule has 154 valence electrons. The predicted molar refractivity (Wildman–Crippen MR) is 122 cm³/mol. The van der Waals surface area contributed by atoms with Gasteiger partial charge in [0.05, 0.1) is 12.0 Å². The van der Waals surface area contributed by atoms with E-state index in [0.717, 1.165) is 21.7 Å². The van der Waals surface area contributed by atoms with Crippen molar-refractivity contribution in [3.05, 3.63) is 87.6 Å². The van der Waals surface area contributed by atoms with Crippen LogP contribution in [0.15, 0.2) is 66.0 Å². The molecule has 2 heterocycles. The summed E-state index contributed by atoms with van der Waals surface area (Å²) in [6.45, 7) is 6.82. The minimum absolute atomic E-state index is 0.00270. The van der Waals surface area contributed by atoms with Gasteiger partial charge in [0.1, 0.15) is 0 Å². The molecule has 4 nitrogen and oxygen atoms in total. The van der Waals surface area contributed by atoms with Crippen molar-refractivity contribution in [2.45, 2.75) is 32.7 Å². The zero-order valence-electron chi connectivity index (χ0n) is 17.5. The van der Waals surface area contributed by atoms with Gasteiger partial charge in [-0.2, -0.15) is 0 Å². The summed E-state index contributed by atoms with van der Waals surface area (Å²) in [7, 11) is 0. The maximum Gasteiger partial charge on any atom is 0.254 e. The molecule has 0 saturated heterocycles. The molecule has 0 fully saturated rings. The normalized spacial score (nSPS) is 18.4. The minimum atomic E-state index is -0.474. The summed E-state index contributed by atoms with van der Waals surface area (Å²) in [5.74, 6) is -0.275. The van der Waals surface area contributed by atoms with Crippen molar-refractivity contribution in [3.63, 3.8) is 0 Å². The van der Waals surface area contributed by atoms with E-state index in [1.54, 1.807) is 11.3 Å². The van der Waals surface area contributed by atoms with Crippen LogP contribution in [-0.4, -0.2) is 23.3 Å². The lowest BCUT2D eigenvalue weighted by atomic mass is 9.81. The molecule has 1 aliphatic heterocycles. The van der Waals surface area contributed by atoms with Crippen molar-refractivity contribution in [2.24, 2.45) is 5.92 Å². The number of amides is 2. The topological polar surface area (TPSA) is 49.4 Å². The largest absolute Gasteiger partial charge is 0.329 e. The van der Waals surface area contributed by atoms with Gasteiger partial charge >= 0.3 is 0 Å². The molecule has 0 spiro atoms. The average molecular weight is 419 g/mol. The Labute approximate surface area is 181 Å². The van der Waals surface area contributed by atoms with Crippen LogP contribution < -0.4 is 5.32 Å². The van der Waals surface area contributed by atoms with Crippen LogP contribution >= 0.6 is 11.3 Å². The number of carbonyl (C=O) groups excluding carboxylic acids is 2. The fraction of sp³-hybridized carbons (Fsp3) is 0.280. The number of benzene rings is 2. The first-order valence-electron chi connectivity index (χ1n) is 10.3. The number of hydrogen-bond donors (Lipinski definition) is 1. The Bertz CT molecular complexity index is 1040. The van der Waals surface area contributed by atoms with Crippen molar-refractivity contribution < 1.29 is 9.59 Å². The predicted octanol–water partition coefficient (Wildman–Crippen LogP) is 5.63. The van der Waals surface area contributed by atoms with Crippen LogP contribution in [0.3, 0.4) is 0 Å². The fourth-order valence-corrected chi connectivity index (χ4v) is 4.98. The summed E-state index contributed by atoms with van der Waals surface area (Å²) in [6.07, 6.45) is 0. The minimum Gasteiger partial charge on any atom is -0.329 e. The highest BCUT2D eigenvalue weighted by Gasteiger charge is 2.44. The third-order valence-electron chi connectivity index (χ3n) is 5.44. The molecule has 1 aliphatic rings. The van der Waals surface area contributed by atoms with E-state index in [1.807, 2.05) is 77.9 Å². The third-order valence-corrected chi connectivity index (χ3v) is 6.38. The molecule has 2 amide bonds. The van der Waals surface area contributed by atoms with E-state index in [4.69, 9.17) is 0 Å². The maximum absolute atomic E-state index is 13.6. The lowest BCUT2D eigenvalue weighted by Crippen LogP contribution is -2.47. The van der Waals surface area contributed by atoms with E-state index in [1.165, 1.54) is 0 Å². The van der Waals surface area contributed by atoms with Gasteiger partial charge in [-0.3, -0.25) is 9.59 Å². The standard InChI is InChI=1S/C25H26N2O2S/c1-16(2)15-27-23(21-9-6-14-30-21)22(19-7-4-5-8-20(19)25(27)29)24(28)26-18-12-10-17(3)11-13-18/h4-14,16,22-23H,15H2,1-3H3,(H,26,28)/t22-,23-/m0/s1. The van der Waals surface area contributed by atoms with Gasteiger partial charge in [-0.25, -0.2) is 0 Å². The summed E-state index contributed by atoms with van der Waals surface area (Å²) >= 11 is 1.59. The van der Waals surface area contributed by atoms with Crippen LogP contribution in [-0.2, 0) is 4.79 Å². The van der Waals surface area contributed by atoms with Crippen LogP contribution in [0.1, 0.15) is 52.2 Å². The number of fused-ring (bicyclic) bond motifs is 1. The number of nitrogens with one attached hydrogen (secondary N) is 1. The van der Waals surface area contributed by atoms with E-state index in [0.29, 0.717) is 18.0 Å². The number of thiophene rings is 1. The second kappa shape index (κ2) is 8.44. The lowest BCUT2D eigenvalue weighted by Gasteiger charge is -2.42. The lowest BCUT2D eigenvalue weighted by molar-refractivity contribution is -0.119. The zero-order chi connectivity index (χ0) is 21.3. The molecule has 0 radical (unpaired) electrons. The second-order valence-corrected chi connectivity index (χ2v) is 9.21. The van der Waals surface area contributed by atoms with Crippen molar-refractivity contribution in [2.75, 3.05) is 11.9 Å². The molecule has 1 N–H and O–H groups in total. The van der Waals surface area contributed by atoms with Gasteiger partial charge in [0.25, 0.3) is 5.91 Å². The molecule has 3 aromatic rings. The highest BCUT2D eigenvalue weighted by molar-refractivity contribution is 7.10. The Balaban J connectivity index is 1.80. The van der Waals surface area contributed by atoms with Crippen molar-refractivity contribution >= 4 is 28.8 Å². The van der Waals surface area contributed by atoms with Gasteiger partial charge in [-0.15, -0.1) is 11.3 Å². The maximum atomic E-state index is 13.6. The van der Waals surface area contributed by atoms with Crippen LogP contribution in [0.4, 0.5) is 5.69 Å². The Morgan fingerprint density at radius 1 is 1.07 bits per heavy atom. The van der Waals surface area contributed by atoms with E-state index >= 15 is 0 Å². The van der Waals surface area contributed by atoms with Gasteiger partial charge in [0, 0.05) is 22.7 Å². The zero-order valence-corrected chi connectivity index (χ0v) is 18.3. The molecule has 2 atom stereocenters. The first kappa shape index (κ1) is 20.4. The average Bonchev–Trinajstić information content (AvgIpc) is 3.25. The third kappa shape index (κ3) is 3.90. The van der Waals surface area contributed by atoms with E-state index in [2.05, 4.69) is 19.2 Å². The van der Waals surface area contributed by atoms with Crippen LogP contribution in [0.2, 0.25) is 0 Å². The number of nitrogens with zero attached hydrogens (tertiary/aromatic N) is 1. The summed E-state index contributed by atoms with van der Waals surface area (Å²) in [6, 6.07) is 19.0. The Hall–Kier alpha value is -2.92. The summed E-state index contributed by atoms with van der Waals surface area (Å²) < 4.78 is 0. The summed E-state index contributed by atoms with van der Waals surface area (Å²) in [5, 5.41) is 5.09. The molecule has 0 saturated carbocycles. The van der Waals surface area contributed by atoms with Crippen LogP contribution in [0, 0.1) is 12.8 Å². The van der Waals surface area contributed by atoms with Gasteiger partial charge < -0.3 is 10.2 Å². The molecule has 0 bridgehead atoms. The molecule has 0 aliphatic carbocycles. The molecular formula is C25H26N2O2S. The molecular weight excluding hydrogens is 392 g/mol. The molecule has 2 aromatic carbocycles. The summed E-state index contributed by atoms with van der Waals surface area (Å²) in [4.78, 5) is 30.0. The van der Waals surface area contributed by atoms with Crippen molar-refractivity contribution in [3.8, 4) is 0 Å². The number of hydrogen-bond acceptors (Lipinski definition) is 3. The van der Waals surface area contributed by atoms with Gasteiger partial charge in [-0.1, -0.05) is 55.8 Å². The molecule has 30 heavy (non-hydrogen) atoms. The molecule has 5 heteroatoms. The van der Waals surface area contributed by atoms with E-state index < -0.39 is 5.92 Å². The number of aryl methyl sites for hydroxylation is 1. The first-order chi connectivity index (χ1) is 14.5. The summed E-state index contributed by atoms with van der Waals surface area (Å²) in [5.41, 5.74) is 3.32. The Morgan fingerprint density at radius 2 is 1.80 bits per heavy atom. The highest BCUT2D eigenvalue weighted by Crippen LogP contribution is 2.44. The van der Waals surface area contributed by atoms with Crippen LogP contribution in [0.25, 0.3) is 0 Å². The van der Waals surface area contributed by atoms with Gasteiger partial charge in [-0.05, 0) is 48.1 Å². The SMILES string of the molecule is Cc1ccc(NC(=O)[C@H]2c3ccccc3C(=O)N(CC(C)C)[C@H]2c2cccs2)cc1. The number of carbonyl (C=O) groups is 2. The van der Waals surface area contributed by atoms with E-state index in [-0.39, 0.29) is 17.9 Å². The fourth-order valence-electron chi connectivity index (χ4n) is 4.10. The number of anilines is 1. The monoisotopic (exact) mass is 418 g/mol. The molecule has 1 aromatic heterocycles. The quantitative estimate of drug-likeness (QED) is 0.584. The van der Waals surface area contributed by atoms with E-state index in [9.17, 15) is 9.59 Å².